The Bertz CT molecular complexity index is 817. The summed E-state index contributed by atoms with van der Waals surface area (Å²) in [4.78, 5) is 6.43. The molecule has 0 spiro atoms. The zero-order chi connectivity index (χ0) is 17.1. The fraction of sp³-hybridized carbons (Fsp3) is 0.316. The average molecular weight is 336 g/mol. The molecule has 1 saturated heterocycles. The van der Waals surface area contributed by atoms with Gasteiger partial charge in [-0.25, -0.2) is 0 Å². The van der Waals surface area contributed by atoms with Crippen molar-refractivity contribution in [1.82, 2.24) is 20.1 Å². The van der Waals surface area contributed by atoms with Crippen molar-refractivity contribution in [3.8, 4) is 17.2 Å². The molecule has 3 heterocycles. The summed E-state index contributed by atoms with van der Waals surface area (Å²) >= 11 is 0. The minimum absolute atomic E-state index is 0.293. The van der Waals surface area contributed by atoms with E-state index in [-0.39, 0.29) is 0 Å². The number of ether oxygens (including phenoxy) is 1. The number of rotatable bonds is 5. The molecule has 6 nitrogen and oxygen atoms in total. The van der Waals surface area contributed by atoms with Crippen molar-refractivity contribution in [2.75, 3.05) is 20.2 Å². The van der Waals surface area contributed by atoms with E-state index in [1.54, 1.807) is 19.5 Å². The molecule has 0 saturated carbocycles. The lowest BCUT2D eigenvalue weighted by Gasteiger charge is -2.15. The summed E-state index contributed by atoms with van der Waals surface area (Å²) < 4.78 is 11.1. The molecule has 0 aliphatic carbocycles. The summed E-state index contributed by atoms with van der Waals surface area (Å²) in [5.74, 6) is 2.47. The minimum Gasteiger partial charge on any atom is -0.497 e. The van der Waals surface area contributed by atoms with Crippen molar-refractivity contribution in [2.24, 2.45) is 0 Å². The standard InChI is InChI=1S/C19H20N4O2/c1-24-17-4-2-14(3-5-17)12-23-11-8-16(13-23)19-22-21-18(25-19)15-6-9-20-10-7-15/h2-7,9-10,16H,8,11-13H2,1H3/t16-/m0/s1. The summed E-state index contributed by atoms with van der Waals surface area (Å²) in [6.45, 7) is 2.89. The fourth-order valence-corrected chi connectivity index (χ4v) is 3.18. The second-order valence-corrected chi connectivity index (χ2v) is 6.25. The predicted octanol–water partition coefficient (Wildman–Crippen LogP) is 3.13. The van der Waals surface area contributed by atoms with Gasteiger partial charge in [0.15, 0.2) is 0 Å². The van der Waals surface area contributed by atoms with Crippen LogP contribution in [0.4, 0.5) is 0 Å². The Balaban J connectivity index is 1.39. The van der Waals surface area contributed by atoms with Crippen molar-refractivity contribution in [3.63, 3.8) is 0 Å². The van der Waals surface area contributed by atoms with E-state index in [0.717, 1.165) is 43.3 Å². The summed E-state index contributed by atoms with van der Waals surface area (Å²) in [6, 6.07) is 12.0. The van der Waals surface area contributed by atoms with Crippen LogP contribution in [0.15, 0.2) is 53.2 Å². The van der Waals surface area contributed by atoms with Gasteiger partial charge >= 0.3 is 0 Å². The number of hydrogen-bond acceptors (Lipinski definition) is 6. The van der Waals surface area contributed by atoms with E-state index in [0.29, 0.717) is 11.8 Å². The van der Waals surface area contributed by atoms with Gasteiger partial charge < -0.3 is 9.15 Å². The smallest absolute Gasteiger partial charge is 0.247 e. The van der Waals surface area contributed by atoms with Gasteiger partial charge in [0.1, 0.15) is 5.75 Å². The van der Waals surface area contributed by atoms with Crippen molar-refractivity contribution in [1.29, 1.82) is 0 Å². The molecule has 1 fully saturated rings. The second kappa shape index (κ2) is 7.03. The predicted molar refractivity (Wildman–Crippen MR) is 93.2 cm³/mol. The van der Waals surface area contributed by atoms with Gasteiger partial charge in [-0.3, -0.25) is 9.88 Å². The molecule has 6 heteroatoms. The van der Waals surface area contributed by atoms with Gasteiger partial charge in [0.05, 0.1) is 13.0 Å². The number of methoxy groups -OCH3 is 1. The summed E-state index contributed by atoms with van der Waals surface area (Å²) in [7, 11) is 1.69. The Morgan fingerprint density at radius 2 is 1.92 bits per heavy atom. The Morgan fingerprint density at radius 3 is 2.68 bits per heavy atom. The van der Waals surface area contributed by atoms with Gasteiger partial charge in [-0.2, -0.15) is 0 Å². The maximum Gasteiger partial charge on any atom is 0.247 e. The zero-order valence-corrected chi connectivity index (χ0v) is 14.1. The molecule has 0 bridgehead atoms. The van der Waals surface area contributed by atoms with Crippen LogP contribution >= 0.6 is 0 Å². The molecule has 0 radical (unpaired) electrons. The Labute approximate surface area is 146 Å². The lowest BCUT2D eigenvalue weighted by Crippen LogP contribution is -2.19. The first-order valence-corrected chi connectivity index (χ1v) is 8.41. The number of benzene rings is 1. The third-order valence-electron chi connectivity index (χ3n) is 4.55. The van der Waals surface area contributed by atoms with Crippen LogP contribution in [-0.2, 0) is 6.54 Å². The van der Waals surface area contributed by atoms with Crippen LogP contribution in [0.1, 0.15) is 23.8 Å². The van der Waals surface area contributed by atoms with Crippen molar-refractivity contribution in [3.05, 3.63) is 60.2 Å². The van der Waals surface area contributed by atoms with Crippen LogP contribution in [0.25, 0.3) is 11.5 Å². The Kier molecular flexibility index (Phi) is 4.43. The van der Waals surface area contributed by atoms with Gasteiger partial charge in [0, 0.05) is 31.0 Å². The highest BCUT2D eigenvalue weighted by molar-refractivity contribution is 5.50. The number of nitrogens with zero attached hydrogens (tertiary/aromatic N) is 4. The molecule has 1 aliphatic rings. The van der Waals surface area contributed by atoms with Crippen LogP contribution < -0.4 is 4.74 Å². The molecular weight excluding hydrogens is 316 g/mol. The van der Waals surface area contributed by atoms with E-state index in [4.69, 9.17) is 9.15 Å². The molecule has 2 aromatic heterocycles. The molecule has 128 valence electrons. The highest BCUT2D eigenvalue weighted by Crippen LogP contribution is 2.29. The van der Waals surface area contributed by atoms with Gasteiger partial charge in [0.2, 0.25) is 11.8 Å². The number of likely N-dealkylation sites (tertiary alicyclic amines) is 1. The number of pyridine rings is 1. The average Bonchev–Trinajstić information content (AvgIpc) is 3.32. The largest absolute Gasteiger partial charge is 0.497 e. The first-order valence-electron chi connectivity index (χ1n) is 8.41. The van der Waals surface area contributed by atoms with Gasteiger partial charge in [-0.1, -0.05) is 12.1 Å². The minimum atomic E-state index is 0.293. The van der Waals surface area contributed by atoms with Crippen LogP contribution in [-0.4, -0.2) is 40.3 Å². The van der Waals surface area contributed by atoms with Crippen LogP contribution in [0.5, 0.6) is 5.75 Å². The Hall–Kier alpha value is -2.73. The van der Waals surface area contributed by atoms with E-state index in [1.165, 1.54) is 5.56 Å². The quantitative estimate of drug-likeness (QED) is 0.713. The normalized spacial score (nSPS) is 17.7. The number of hydrogen-bond donors (Lipinski definition) is 0. The van der Waals surface area contributed by atoms with Crippen LogP contribution in [0.2, 0.25) is 0 Å². The Morgan fingerprint density at radius 1 is 1.12 bits per heavy atom. The highest BCUT2D eigenvalue weighted by atomic mass is 16.5. The van der Waals surface area contributed by atoms with E-state index in [9.17, 15) is 0 Å². The third kappa shape index (κ3) is 3.53. The van der Waals surface area contributed by atoms with Crippen LogP contribution in [0.3, 0.4) is 0 Å². The van der Waals surface area contributed by atoms with Crippen LogP contribution in [0, 0.1) is 0 Å². The van der Waals surface area contributed by atoms with E-state index < -0.39 is 0 Å². The SMILES string of the molecule is COc1ccc(CN2CC[C@H](c3nnc(-c4ccncc4)o3)C2)cc1. The van der Waals surface area contributed by atoms with E-state index in [2.05, 4.69) is 32.2 Å². The van der Waals surface area contributed by atoms with Gasteiger partial charge in [-0.05, 0) is 42.8 Å². The lowest BCUT2D eigenvalue weighted by atomic mass is 10.1. The molecule has 1 aliphatic heterocycles. The first kappa shape index (κ1) is 15.8. The molecular formula is C19H20N4O2. The molecule has 1 aromatic carbocycles. The van der Waals surface area contributed by atoms with Crippen molar-refractivity contribution < 1.29 is 9.15 Å². The second-order valence-electron chi connectivity index (χ2n) is 6.25. The molecule has 25 heavy (non-hydrogen) atoms. The molecule has 1 atom stereocenters. The van der Waals surface area contributed by atoms with Crippen molar-refractivity contribution in [2.45, 2.75) is 18.9 Å². The monoisotopic (exact) mass is 336 g/mol. The molecule has 3 aromatic rings. The highest BCUT2D eigenvalue weighted by Gasteiger charge is 2.28. The molecule has 0 amide bonds. The lowest BCUT2D eigenvalue weighted by molar-refractivity contribution is 0.320. The molecule has 0 N–H and O–H groups in total. The molecule has 0 unspecified atom stereocenters. The zero-order valence-electron chi connectivity index (χ0n) is 14.1. The third-order valence-corrected chi connectivity index (χ3v) is 4.55. The summed E-state index contributed by atoms with van der Waals surface area (Å²) in [5.41, 5.74) is 2.19. The number of aromatic nitrogens is 3. The van der Waals surface area contributed by atoms with Gasteiger partial charge in [-0.15, -0.1) is 10.2 Å². The van der Waals surface area contributed by atoms with E-state index >= 15 is 0 Å². The first-order chi connectivity index (χ1) is 12.3. The molecule has 4 rings (SSSR count). The van der Waals surface area contributed by atoms with Crippen molar-refractivity contribution >= 4 is 0 Å². The fourth-order valence-electron chi connectivity index (χ4n) is 3.18. The maximum absolute atomic E-state index is 5.89. The summed E-state index contributed by atoms with van der Waals surface area (Å²) in [5, 5.41) is 8.44. The van der Waals surface area contributed by atoms with Gasteiger partial charge in [0.25, 0.3) is 0 Å². The topological polar surface area (TPSA) is 64.3 Å². The maximum atomic E-state index is 5.89. The summed E-state index contributed by atoms with van der Waals surface area (Å²) in [6.07, 6.45) is 4.49. The van der Waals surface area contributed by atoms with E-state index in [1.807, 2.05) is 24.3 Å².